The molecule has 5 atom stereocenters. The first-order valence-corrected chi connectivity index (χ1v) is 12.3. The molecule has 202 valence electrons. The number of carbonyl (C=O) groups is 4. The number of alkyl halides is 3. The zero-order chi connectivity index (χ0) is 27.4. The lowest BCUT2D eigenvalue weighted by Crippen LogP contribution is -2.60. The number of fused-ring (bicyclic) bond motifs is 1. The van der Waals surface area contributed by atoms with Gasteiger partial charge in [-0.2, -0.15) is 13.2 Å². The average Bonchev–Trinajstić information content (AvgIpc) is 3.09. The van der Waals surface area contributed by atoms with Crippen LogP contribution in [-0.4, -0.2) is 59.9 Å². The highest BCUT2D eigenvalue weighted by Crippen LogP contribution is 2.65. The molecule has 4 amide bonds. The van der Waals surface area contributed by atoms with Crippen molar-refractivity contribution in [2.45, 2.75) is 65.7 Å². The third kappa shape index (κ3) is 5.45. The molecule has 0 radical (unpaired) electrons. The number of carbonyl (C=O) groups excluding carboxylic acids is 4. The van der Waals surface area contributed by atoms with E-state index in [9.17, 15) is 32.3 Å². The number of thiol groups is 1. The van der Waals surface area contributed by atoms with E-state index in [4.69, 9.17) is 5.73 Å². The first kappa shape index (κ1) is 28.1. The van der Waals surface area contributed by atoms with Gasteiger partial charge < -0.3 is 26.6 Å². The number of nitrogens with zero attached hydrogens (tertiary/aromatic N) is 1. The fourth-order valence-corrected chi connectivity index (χ4v) is 5.52. The number of allylic oxidation sites excluding steroid dienone is 1. The van der Waals surface area contributed by atoms with Crippen LogP contribution < -0.4 is 21.7 Å². The summed E-state index contributed by atoms with van der Waals surface area (Å²) in [6.07, 6.45) is -4.44. The van der Waals surface area contributed by atoms with Crippen LogP contribution >= 0.6 is 12.6 Å². The van der Waals surface area contributed by atoms with Crippen LogP contribution in [0.3, 0.4) is 0 Å². The quantitative estimate of drug-likeness (QED) is 0.328. The van der Waals surface area contributed by atoms with Crippen LogP contribution in [0.2, 0.25) is 0 Å². The van der Waals surface area contributed by atoms with Crippen molar-refractivity contribution in [2.75, 3.05) is 13.1 Å². The van der Waals surface area contributed by atoms with Gasteiger partial charge >= 0.3 is 12.1 Å². The van der Waals surface area contributed by atoms with Gasteiger partial charge in [-0.15, -0.1) is 12.6 Å². The Bertz CT molecular complexity index is 987. The van der Waals surface area contributed by atoms with Gasteiger partial charge in [0.25, 0.3) is 0 Å². The molecule has 2 heterocycles. The van der Waals surface area contributed by atoms with Gasteiger partial charge in [-0.1, -0.05) is 34.6 Å². The van der Waals surface area contributed by atoms with E-state index in [1.807, 2.05) is 19.2 Å². The molecule has 9 nitrogen and oxygen atoms in total. The summed E-state index contributed by atoms with van der Waals surface area (Å²) in [5.74, 6) is -4.34. The molecule has 3 rings (SSSR count). The molecule has 2 aliphatic heterocycles. The summed E-state index contributed by atoms with van der Waals surface area (Å²) in [5.41, 5.74) is 4.80. The van der Waals surface area contributed by atoms with E-state index in [0.29, 0.717) is 13.0 Å². The topological polar surface area (TPSA) is 134 Å². The zero-order valence-corrected chi connectivity index (χ0v) is 21.8. The van der Waals surface area contributed by atoms with Crippen molar-refractivity contribution in [2.24, 2.45) is 34.3 Å². The van der Waals surface area contributed by atoms with Crippen molar-refractivity contribution >= 4 is 36.3 Å². The molecular weight excluding hydrogens is 499 g/mol. The number of hydrogen-bond acceptors (Lipinski definition) is 6. The second kappa shape index (κ2) is 9.46. The number of nitrogens with two attached hydrogens (primary N) is 1. The number of halogens is 3. The second-order valence-corrected chi connectivity index (χ2v) is 12.0. The summed E-state index contributed by atoms with van der Waals surface area (Å²) >= 11 is 4.15. The first-order valence-electron chi connectivity index (χ1n) is 11.8. The highest BCUT2D eigenvalue weighted by molar-refractivity contribution is 7.84. The largest absolute Gasteiger partial charge is 0.471 e. The molecule has 0 unspecified atom stereocenters. The molecule has 3 fully saturated rings. The van der Waals surface area contributed by atoms with Crippen molar-refractivity contribution in [1.82, 2.24) is 20.9 Å². The monoisotopic (exact) mass is 533 g/mol. The summed E-state index contributed by atoms with van der Waals surface area (Å²) in [4.78, 5) is 52.0. The molecule has 5 N–H and O–H groups in total. The van der Waals surface area contributed by atoms with Crippen molar-refractivity contribution in [1.29, 1.82) is 0 Å². The molecule has 0 aromatic heterocycles. The lowest BCUT2D eigenvalue weighted by molar-refractivity contribution is -0.176. The van der Waals surface area contributed by atoms with E-state index in [0.717, 1.165) is 0 Å². The molecule has 13 heteroatoms. The van der Waals surface area contributed by atoms with Crippen LogP contribution in [-0.2, 0) is 19.2 Å². The predicted molar refractivity (Wildman–Crippen MR) is 128 cm³/mol. The Balaban J connectivity index is 1.85. The van der Waals surface area contributed by atoms with Crippen molar-refractivity contribution in [3.8, 4) is 0 Å². The summed E-state index contributed by atoms with van der Waals surface area (Å²) in [5, 5.41) is 7.29. The number of rotatable bonds is 6. The molecule has 0 aromatic rings. The van der Waals surface area contributed by atoms with E-state index in [1.165, 1.54) is 25.7 Å². The third-order valence-electron chi connectivity index (χ3n) is 7.60. The predicted octanol–water partition coefficient (Wildman–Crippen LogP) is 1.26. The minimum Gasteiger partial charge on any atom is -0.392 e. The number of nitrogens with one attached hydrogen (secondary N) is 3. The molecule has 0 aromatic carbocycles. The Morgan fingerprint density at radius 1 is 1.25 bits per heavy atom. The maximum atomic E-state index is 13.5. The lowest BCUT2D eigenvalue weighted by Gasteiger charge is -2.37. The highest BCUT2D eigenvalue weighted by atomic mass is 32.1. The Kier molecular flexibility index (Phi) is 7.39. The zero-order valence-electron chi connectivity index (χ0n) is 21.0. The molecular formula is C23H34F3N5O4S. The van der Waals surface area contributed by atoms with E-state index in [1.54, 1.807) is 0 Å². The highest BCUT2D eigenvalue weighted by Gasteiger charge is 2.70. The Hall–Kier alpha value is -2.44. The smallest absolute Gasteiger partial charge is 0.392 e. The van der Waals surface area contributed by atoms with E-state index < -0.39 is 41.4 Å². The second-order valence-electron chi connectivity index (χ2n) is 11.5. The van der Waals surface area contributed by atoms with Crippen LogP contribution in [0.1, 0.15) is 47.5 Å². The van der Waals surface area contributed by atoms with Crippen LogP contribution in [0.5, 0.6) is 0 Å². The van der Waals surface area contributed by atoms with Gasteiger partial charge in [-0.05, 0) is 29.1 Å². The third-order valence-corrected chi connectivity index (χ3v) is 7.87. The van der Waals surface area contributed by atoms with Crippen molar-refractivity contribution < 1.29 is 32.3 Å². The molecule has 3 aliphatic rings. The summed E-state index contributed by atoms with van der Waals surface area (Å²) in [6.45, 7) is 9.22. The van der Waals surface area contributed by atoms with Crippen LogP contribution in [0.15, 0.2) is 10.7 Å². The summed E-state index contributed by atoms with van der Waals surface area (Å²) in [7, 11) is 0. The number of hydrogen-bond donors (Lipinski definition) is 5. The fourth-order valence-electron chi connectivity index (χ4n) is 5.37. The van der Waals surface area contributed by atoms with Gasteiger partial charge in [0.2, 0.25) is 17.7 Å². The first-order chi connectivity index (χ1) is 16.4. The summed E-state index contributed by atoms with van der Waals surface area (Å²) < 4.78 is 38.9. The average molecular weight is 534 g/mol. The Labute approximate surface area is 213 Å². The minimum atomic E-state index is -5.16. The molecule has 36 heavy (non-hydrogen) atoms. The van der Waals surface area contributed by atoms with Gasteiger partial charge in [-0.3, -0.25) is 19.2 Å². The number of piperidine rings is 1. The standard InChI is InChI=1S/C23H34F3N5O4S/c1-21(2,3)15(30-20(35)23(24,25)26)19(34)31-9-11-13(22(11,4)5)14(31)18(33)29-12(16(27)36)8-10-6-7-28-17(10)32/h10-11,13-15,36H,6-9,27H2,1-5H3,(H,28,32)(H,29,33)(H,30,35)/b16-12+/t10-,11-,13-,14-,15+/m0/s1. The van der Waals surface area contributed by atoms with E-state index in [-0.39, 0.29) is 52.8 Å². The maximum absolute atomic E-state index is 13.5. The van der Waals surface area contributed by atoms with Crippen LogP contribution in [0.4, 0.5) is 13.2 Å². The summed E-state index contributed by atoms with van der Waals surface area (Å²) in [6, 6.07) is -2.49. The molecule has 1 saturated carbocycles. The number of likely N-dealkylation sites (tertiary alicyclic amines) is 1. The van der Waals surface area contributed by atoms with Gasteiger partial charge in [0.15, 0.2) is 0 Å². The van der Waals surface area contributed by atoms with E-state index in [2.05, 4.69) is 23.3 Å². The van der Waals surface area contributed by atoms with Crippen LogP contribution in [0, 0.1) is 28.6 Å². The van der Waals surface area contributed by atoms with E-state index >= 15 is 0 Å². The maximum Gasteiger partial charge on any atom is 0.471 e. The van der Waals surface area contributed by atoms with Gasteiger partial charge in [0.05, 0.1) is 5.03 Å². The molecule has 1 aliphatic carbocycles. The SMILES string of the molecule is CC(C)(C)[C@H](NC(=O)C(F)(F)F)C(=O)N1C[C@H]2[C@@H]([C@H]1C(=O)N/C(C[C@@H]1CCNC1=O)=C(\N)S)C2(C)C. The van der Waals surface area contributed by atoms with Gasteiger partial charge in [0, 0.05) is 31.1 Å². The molecule has 0 bridgehead atoms. The normalized spacial score (nSPS) is 28.6. The Morgan fingerprint density at radius 2 is 1.86 bits per heavy atom. The lowest BCUT2D eigenvalue weighted by atomic mass is 9.85. The van der Waals surface area contributed by atoms with Crippen LogP contribution in [0.25, 0.3) is 0 Å². The van der Waals surface area contributed by atoms with Crippen molar-refractivity contribution in [3.63, 3.8) is 0 Å². The van der Waals surface area contributed by atoms with Gasteiger partial charge in [0.1, 0.15) is 12.1 Å². The molecule has 2 saturated heterocycles. The Morgan fingerprint density at radius 3 is 2.33 bits per heavy atom. The number of amides is 4. The van der Waals surface area contributed by atoms with Gasteiger partial charge in [-0.25, -0.2) is 0 Å². The molecule has 0 spiro atoms. The fraction of sp³-hybridized carbons (Fsp3) is 0.739. The minimum absolute atomic E-state index is 0.0236. The van der Waals surface area contributed by atoms with Crippen molar-refractivity contribution in [3.05, 3.63) is 10.7 Å².